The Morgan fingerprint density at radius 2 is 2.06 bits per heavy atom. The highest BCUT2D eigenvalue weighted by atomic mass is 35.5. The largest absolute Gasteiger partial charge is 0.503 e. The molecule has 0 heterocycles. The third kappa shape index (κ3) is 3.53. The average molecular weight is 303 g/mol. The predicted molar refractivity (Wildman–Crippen MR) is 70.6 cm³/mol. The molecule has 1 rings (SSSR count). The van der Waals surface area contributed by atoms with E-state index in [-0.39, 0.29) is 35.5 Å². The Morgan fingerprint density at radius 3 is 2.53 bits per heavy atom. The van der Waals surface area contributed by atoms with Gasteiger partial charge in [0.1, 0.15) is 0 Å². The minimum absolute atomic E-state index is 0. The fourth-order valence-electron chi connectivity index (χ4n) is 1.38. The van der Waals surface area contributed by atoms with Crippen molar-refractivity contribution < 1.29 is 14.9 Å². The van der Waals surface area contributed by atoms with Gasteiger partial charge < -0.3 is 20.7 Å². The van der Waals surface area contributed by atoms with E-state index in [0.717, 1.165) is 0 Å². The van der Waals surface area contributed by atoms with E-state index < -0.39 is 6.04 Å². The second-order valence-electron chi connectivity index (χ2n) is 3.26. The number of halogens is 3. The fraction of sp³-hybridized carbons (Fsp3) is 0.400. The summed E-state index contributed by atoms with van der Waals surface area (Å²) >= 11 is 11.9. The number of nitrogens with two attached hydrogens (primary N) is 1. The molecule has 0 radical (unpaired) electrons. The highest BCUT2D eigenvalue weighted by molar-refractivity contribution is 6.37. The Kier molecular flexibility index (Phi) is 6.97. The number of aromatic hydroxyl groups is 1. The van der Waals surface area contributed by atoms with E-state index in [9.17, 15) is 5.11 Å². The van der Waals surface area contributed by atoms with Crippen molar-refractivity contribution in [1.29, 1.82) is 0 Å². The normalized spacial score (nSPS) is 11.8. The number of ether oxygens (including phenoxy) is 1. The number of benzene rings is 1. The van der Waals surface area contributed by atoms with Crippen LogP contribution in [0.3, 0.4) is 0 Å². The Balaban J connectivity index is 0.00000256. The number of hydrogen-bond donors (Lipinski definition) is 3. The van der Waals surface area contributed by atoms with Crippen molar-refractivity contribution in [3.63, 3.8) is 0 Å². The zero-order valence-corrected chi connectivity index (χ0v) is 11.4. The van der Waals surface area contributed by atoms with E-state index in [2.05, 4.69) is 0 Å². The first-order valence-electron chi connectivity index (χ1n) is 4.64. The quantitative estimate of drug-likeness (QED) is 0.799. The number of aliphatic hydroxyl groups excluding tert-OH is 1. The standard InChI is InChI=1S/C10H13Cl2NO3.ClH/c1-16-7-4-5(11)8(6(13)2-3-14)9(12)10(7)15;/h4,6,14-15H,2-3,13H2,1H3;1H. The van der Waals surface area contributed by atoms with Gasteiger partial charge in [-0.15, -0.1) is 12.4 Å². The molecule has 0 bridgehead atoms. The smallest absolute Gasteiger partial charge is 0.177 e. The molecule has 0 fully saturated rings. The maximum Gasteiger partial charge on any atom is 0.177 e. The van der Waals surface area contributed by atoms with Gasteiger partial charge in [-0.1, -0.05) is 23.2 Å². The van der Waals surface area contributed by atoms with Crippen LogP contribution in [-0.4, -0.2) is 23.9 Å². The lowest BCUT2D eigenvalue weighted by Crippen LogP contribution is -2.13. The molecule has 1 aromatic carbocycles. The zero-order valence-electron chi connectivity index (χ0n) is 9.11. The van der Waals surface area contributed by atoms with E-state index in [0.29, 0.717) is 17.0 Å². The van der Waals surface area contributed by atoms with Crippen LogP contribution in [0.4, 0.5) is 0 Å². The molecule has 0 aliphatic heterocycles. The van der Waals surface area contributed by atoms with Crippen molar-refractivity contribution in [2.75, 3.05) is 13.7 Å². The van der Waals surface area contributed by atoms with Crippen molar-refractivity contribution in [2.45, 2.75) is 12.5 Å². The number of methoxy groups -OCH3 is 1. The van der Waals surface area contributed by atoms with Crippen molar-refractivity contribution in [3.8, 4) is 11.5 Å². The summed E-state index contributed by atoms with van der Waals surface area (Å²) in [6.07, 6.45) is 0.311. The molecular formula is C10H14Cl3NO3. The van der Waals surface area contributed by atoms with Crippen LogP contribution in [0.1, 0.15) is 18.0 Å². The van der Waals surface area contributed by atoms with Crippen molar-refractivity contribution >= 4 is 35.6 Å². The first-order valence-corrected chi connectivity index (χ1v) is 5.39. The third-order valence-corrected chi connectivity index (χ3v) is 2.92. The molecule has 0 aliphatic rings. The molecule has 7 heteroatoms. The van der Waals surface area contributed by atoms with Gasteiger partial charge >= 0.3 is 0 Å². The van der Waals surface area contributed by atoms with E-state index in [1.54, 1.807) is 0 Å². The number of hydrogen-bond acceptors (Lipinski definition) is 4. The monoisotopic (exact) mass is 301 g/mol. The van der Waals surface area contributed by atoms with Gasteiger partial charge in [0.2, 0.25) is 0 Å². The second-order valence-corrected chi connectivity index (χ2v) is 4.04. The minimum Gasteiger partial charge on any atom is -0.503 e. The van der Waals surface area contributed by atoms with E-state index in [1.807, 2.05) is 0 Å². The molecule has 0 amide bonds. The van der Waals surface area contributed by atoms with Gasteiger partial charge in [0, 0.05) is 24.3 Å². The van der Waals surface area contributed by atoms with Crippen LogP contribution in [0, 0.1) is 0 Å². The van der Waals surface area contributed by atoms with Gasteiger partial charge in [-0.3, -0.25) is 0 Å². The first kappa shape index (κ1) is 16.6. The molecule has 17 heavy (non-hydrogen) atoms. The molecule has 0 aromatic heterocycles. The van der Waals surface area contributed by atoms with Gasteiger partial charge in [-0.05, 0) is 6.42 Å². The zero-order chi connectivity index (χ0) is 12.3. The van der Waals surface area contributed by atoms with Gasteiger partial charge in [0.15, 0.2) is 11.5 Å². The molecule has 0 aliphatic carbocycles. The summed E-state index contributed by atoms with van der Waals surface area (Å²) < 4.78 is 4.89. The third-order valence-electron chi connectivity index (χ3n) is 2.22. The molecule has 0 spiro atoms. The summed E-state index contributed by atoms with van der Waals surface area (Å²) in [4.78, 5) is 0. The average Bonchev–Trinajstić information content (AvgIpc) is 2.24. The van der Waals surface area contributed by atoms with Crippen LogP contribution >= 0.6 is 35.6 Å². The Morgan fingerprint density at radius 1 is 1.47 bits per heavy atom. The lowest BCUT2D eigenvalue weighted by molar-refractivity contribution is 0.276. The van der Waals surface area contributed by atoms with E-state index in [4.69, 9.17) is 38.8 Å². The van der Waals surface area contributed by atoms with E-state index in [1.165, 1.54) is 13.2 Å². The summed E-state index contributed by atoms with van der Waals surface area (Å²) in [5.74, 6) is -0.00750. The fourth-order valence-corrected chi connectivity index (χ4v) is 2.10. The maximum absolute atomic E-state index is 9.69. The molecule has 4 N–H and O–H groups in total. The van der Waals surface area contributed by atoms with E-state index >= 15 is 0 Å². The van der Waals surface area contributed by atoms with Gasteiger partial charge in [0.05, 0.1) is 17.2 Å². The van der Waals surface area contributed by atoms with Crippen molar-refractivity contribution in [2.24, 2.45) is 5.73 Å². The lowest BCUT2D eigenvalue weighted by Gasteiger charge is -2.16. The van der Waals surface area contributed by atoms with Gasteiger partial charge in [-0.2, -0.15) is 0 Å². The Bertz CT molecular complexity index is 388. The highest BCUT2D eigenvalue weighted by Gasteiger charge is 2.20. The first-order chi connectivity index (χ1) is 7.52. The number of phenolic OH excluding ortho intramolecular Hbond substituents is 1. The van der Waals surface area contributed by atoms with Crippen molar-refractivity contribution in [1.82, 2.24) is 0 Å². The van der Waals surface area contributed by atoms with Crippen LogP contribution in [0.25, 0.3) is 0 Å². The Hall–Kier alpha value is -0.390. The predicted octanol–water partition coefficient (Wildman–Crippen LogP) is 2.51. The number of aliphatic hydroxyl groups is 1. The van der Waals surface area contributed by atoms with Gasteiger partial charge in [0.25, 0.3) is 0 Å². The van der Waals surface area contributed by atoms with Crippen LogP contribution in [0.2, 0.25) is 10.0 Å². The molecule has 4 nitrogen and oxygen atoms in total. The maximum atomic E-state index is 9.69. The lowest BCUT2D eigenvalue weighted by atomic mass is 10.0. The molecule has 98 valence electrons. The molecular weight excluding hydrogens is 288 g/mol. The summed E-state index contributed by atoms with van der Waals surface area (Å²) in [6, 6.07) is 0.914. The highest BCUT2D eigenvalue weighted by Crippen LogP contribution is 2.43. The summed E-state index contributed by atoms with van der Waals surface area (Å²) in [6.45, 7) is -0.0827. The summed E-state index contributed by atoms with van der Waals surface area (Å²) in [7, 11) is 1.40. The van der Waals surface area contributed by atoms with Crippen LogP contribution < -0.4 is 10.5 Å². The Labute approximate surface area is 116 Å². The van der Waals surface area contributed by atoms with Gasteiger partial charge in [-0.25, -0.2) is 0 Å². The molecule has 0 saturated carbocycles. The molecule has 0 saturated heterocycles. The molecule has 1 unspecified atom stereocenters. The summed E-state index contributed by atoms with van der Waals surface area (Å²) in [5.41, 5.74) is 6.20. The topological polar surface area (TPSA) is 75.7 Å². The summed E-state index contributed by atoms with van der Waals surface area (Å²) in [5, 5.41) is 18.8. The molecule has 1 atom stereocenters. The number of phenols is 1. The minimum atomic E-state index is -0.526. The van der Waals surface area contributed by atoms with Crippen molar-refractivity contribution in [3.05, 3.63) is 21.7 Å². The number of rotatable bonds is 4. The van der Waals surface area contributed by atoms with Crippen LogP contribution in [-0.2, 0) is 0 Å². The SMILES string of the molecule is COc1cc(Cl)c(C(N)CCO)c(Cl)c1O.Cl. The van der Waals surface area contributed by atoms with Crippen LogP contribution in [0.15, 0.2) is 6.07 Å². The second kappa shape index (κ2) is 7.13. The van der Waals surface area contributed by atoms with Crippen LogP contribution in [0.5, 0.6) is 11.5 Å². The molecule has 1 aromatic rings.